The highest BCUT2D eigenvalue weighted by Gasteiger charge is 2.28. The van der Waals surface area contributed by atoms with E-state index in [9.17, 15) is 19.5 Å². The number of hydrogen-bond donors (Lipinski definition) is 5. The van der Waals surface area contributed by atoms with Crippen LogP contribution in [-0.2, 0) is 11.2 Å². The van der Waals surface area contributed by atoms with Crippen LogP contribution < -0.4 is 10.6 Å². The number of carboxylic acids is 1. The summed E-state index contributed by atoms with van der Waals surface area (Å²) in [6.07, 6.45) is 7.55. The number of aromatic carboxylic acids is 1. The molecule has 3 aromatic rings. The van der Waals surface area contributed by atoms with Gasteiger partial charge in [0.1, 0.15) is 11.9 Å². The van der Waals surface area contributed by atoms with Crippen LogP contribution in [0.15, 0.2) is 30.5 Å². The molecule has 1 fully saturated rings. The number of carbonyl (C=O) groups is 3. The third kappa shape index (κ3) is 7.19. The maximum atomic E-state index is 13.7. The second-order valence-electron chi connectivity index (χ2n) is 10.9. The Balaban J connectivity index is 1.54. The zero-order valence-electron chi connectivity index (χ0n) is 23.0. The molecule has 2 atom stereocenters. The van der Waals surface area contributed by atoms with Crippen molar-refractivity contribution in [2.24, 2.45) is 5.92 Å². The van der Waals surface area contributed by atoms with Crippen molar-refractivity contribution >= 4 is 28.8 Å². The zero-order chi connectivity index (χ0) is 27.9. The highest BCUT2D eigenvalue weighted by molar-refractivity contribution is 5.89. The smallest absolute Gasteiger partial charge is 0.356 e. The SMILES string of the molecule is Cc1[nH]c(CCC(NC(=O)[C@H](CC(C)C)NC(=O)N2CCCCCC2)c2c[nH]c3ccccc23)nc1C(=O)O. The highest BCUT2D eigenvalue weighted by atomic mass is 16.4. The molecule has 0 aliphatic carbocycles. The lowest BCUT2D eigenvalue weighted by molar-refractivity contribution is -0.124. The van der Waals surface area contributed by atoms with Gasteiger partial charge < -0.3 is 30.6 Å². The lowest BCUT2D eigenvalue weighted by Gasteiger charge is -2.27. The minimum Gasteiger partial charge on any atom is -0.476 e. The second kappa shape index (κ2) is 12.8. The molecular weight excluding hydrogens is 496 g/mol. The third-order valence-electron chi connectivity index (χ3n) is 7.33. The summed E-state index contributed by atoms with van der Waals surface area (Å²) in [7, 11) is 0. The van der Waals surface area contributed by atoms with Crippen molar-refractivity contribution in [2.45, 2.75) is 77.8 Å². The maximum absolute atomic E-state index is 13.7. The number of imidazole rings is 1. The zero-order valence-corrected chi connectivity index (χ0v) is 23.0. The number of nitrogens with zero attached hydrogens (tertiary/aromatic N) is 2. The number of hydrogen-bond acceptors (Lipinski definition) is 4. The molecule has 0 bridgehead atoms. The minimum atomic E-state index is -1.08. The van der Waals surface area contributed by atoms with Crippen LogP contribution in [-0.4, -0.2) is 62.0 Å². The van der Waals surface area contributed by atoms with Crippen molar-refractivity contribution in [2.75, 3.05) is 13.1 Å². The van der Waals surface area contributed by atoms with Gasteiger partial charge in [-0.3, -0.25) is 4.79 Å². The number of aromatic amines is 2. The first-order chi connectivity index (χ1) is 18.7. The number of para-hydroxylation sites is 1. The monoisotopic (exact) mass is 536 g/mol. The van der Waals surface area contributed by atoms with Crippen molar-refractivity contribution in [3.63, 3.8) is 0 Å². The molecule has 2 aromatic heterocycles. The molecule has 3 heterocycles. The van der Waals surface area contributed by atoms with E-state index in [1.807, 2.05) is 49.2 Å². The number of carboxylic acid groups (broad SMARTS) is 1. The van der Waals surface area contributed by atoms with E-state index in [1.165, 1.54) is 0 Å². The predicted molar refractivity (Wildman–Crippen MR) is 150 cm³/mol. The summed E-state index contributed by atoms with van der Waals surface area (Å²) in [5, 5.41) is 16.6. The molecule has 0 spiro atoms. The fourth-order valence-electron chi connectivity index (χ4n) is 5.31. The molecule has 1 saturated heterocycles. The molecule has 1 aromatic carbocycles. The van der Waals surface area contributed by atoms with Crippen LogP contribution in [0.3, 0.4) is 0 Å². The maximum Gasteiger partial charge on any atom is 0.356 e. The van der Waals surface area contributed by atoms with Gasteiger partial charge in [0.25, 0.3) is 0 Å². The number of fused-ring (bicyclic) bond motifs is 1. The van der Waals surface area contributed by atoms with Gasteiger partial charge in [-0.25, -0.2) is 14.6 Å². The van der Waals surface area contributed by atoms with Gasteiger partial charge in [-0.1, -0.05) is 44.9 Å². The third-order valence-corrected chi connectivity index (χ3v) is 7.33. The number of aromatic nitrogens is 3. The molecule has 1 aliphatic rings. The van der Waals surface area contributed by atoms with E-state index in [0.29, 0.717) is 43.9 Å². The molecule has 1 unspecified atom stereocenters. The van der Waals surface area contributed by atoms with Crippen LogP contribution in [0.5, 0.6) is 0 Å². The van der Waals surface area contributed by atoms with Gasteiger partial charge in [0.2, 0.25) is 5.91 Å². The van der Waals surface area contributed by atoms with Crippen LogP contribution in [0, 0.1) is 12.8 Å². The van der Waals surface area contributed by atoms with Crippen LogP contribution in [0.4, 0.5) is 4.79 Å². The molecule has 0 saturated carbocycles. The van der Waals surface area contributed by atoms with Gasteiger partial charge in [-0.2, -0.15) is 0 Å². The number of H-pyrrole nitrogens is 2. The number of rotatable bonds is 10. The summed E-state index contributed by atoms with van der Waals surface area (Å²) < 4.78 is 0. The number of urea groups is 1. The van der Waals surface area contributed by atoms with Crippen molar-refractivity contribution < 1.29 is 19.5 Å². The first kappa shape index (κ1) is 28.2. The summed E-state index contributed by atoms with van der Waals surface area (Å²) in [5.74, 6) is -0.549. The van der Waals surface area contributed by atoms with E-state index in [4.69, 9.17) is 0 Å². The lowest BCUT2D eigenvalue weighted by atomic mass is 9.98. The fraction of sp³-hybridized carbons (Fsp3) is 0.517. The Labute approximate surface area is 229 Å². The Hall–Kier alpha value is -3.82. The number of likely N-dealkylation sites (tertiary alicyclic amines) is 1. The van der Waals surface area contributed by atoms with Crippen LogP contribution in [0.2, 0.25) is 0 Å². The second-order valence-corrected chi connectivity index (χ2v) is 10.9. The Kier molecular flexibility index (Phi) is 9.27. The van der Waals surface area contributed by atoms with Crippen molar-refractivity contribution in [1.29, 1.82) is 0 Å². The number of amides is 3. The average Bonchev–Trinajstić information content (AvgIpc) is 3.38. The first-order valence-corrected chi connectivity index (χ1v) is 13.9. The molecule has 210 valence electrons. The van der Waals surface area contributed by atoms with E-state index in [1.54, 1.807) is 6.92 Å². The molecule has 4 rings (SSSR count). The molecule has 10 heteroatoms. The van der Waals surface area contributed by atoms with Gasteiger partial charge in [0, 0.05) is 42.3 Å². The van der Waals surface area contributed by atoms with Crippen molar-refractivity contribution in [1.82, 2.24) is 30.5 Å². The predicted octanol–water partition coefficient (Wildman–Crippen LogP) is 4.69. The van der Waals surface area contributed by atoms with E-state index in [2.05, 4.69) is 25.6 Å². The van der Waals surface area contributed by atoms with E-state index in [-0.39, 0.29) is 29.6 Å². The molecule has 1 aliphatic heterocycles. The Bertz CT molecular complexity index is 1290. The van der Waals surface area contributed by atoms with Gasteiger partial charge in [0.05, 0.1) is 6.04 Å². The number of benzene rings is 1. The molecule has 3 amide bonds. The first-order valence-electron chi connectivity index (χ1n) is 13.9. The average molecular weight is 537 g/mol. The fourth-order valence-corrected chi connectivity index (χ4v) is 5.31. The quantitative estimate of drug-likeness (QED) is 0.255. The van der Waals surface area contributed by atoms with Crippen LogP contribution in [0.25, 0.3) is 10.9 Å². The standard InChI is InChI=1S/C29H40N6O4/c1-18(2)16-24(33-29(39)35-14-8-4-5-9-15-35)27(36)32-23(21-17-30-22-11-7-6-10-20(21)22)12-13-25-31-19(3)26(34-25)28(37)38/h6-7,10-11,17-18,23-24,30H,4-5,8-9,12-16H2,1-3H3,(H,31,34)(H,32,36)(H,33,39)(H,37,38)/t23?,24-/m0/s1. The van der Waals surface area contributed by atoms with Gasteiger partial charge in [0.15, 0.2) is 5.69 Å². The summed E-state index contributed by atoms with van der Waals surface area (Å²) in [5.41, 5.74) is 2.40. The molecule has 10 nitrogen and oxygen atoms in total. The summed E-state index contributed by atoms with van der Waals surface area (Å²) in [4.78, 5) is 50.7. The molecular formula is C29H40N6O4. The Morgan fingerprint density at radius 2 is 1.79 bits per heavy atom. The van der Waals surface area contributed by atoms with E-state index < -0.39 is 12.0 Å². The molecule has 39 heavy (non-hydrogen) atoms. The van der Waals surface area contributed by atoms with Gasteiger partial charge >= 0.3 is 12.0 Å². The Morgan fingerprint density at radius 1 is 1.08 bits per heavy atom. The minimum absolute atomic E-state index is 0.00547. The number of carbonyl (C=O) groups excluding carboxylic acids is 2. The lowest BCUT2D eigenvalue weighted by Crippen LogP contribution is -2.52. The van der Waals surface area contributed by atoms with E-state index >= 15 is 0 Å². The molecule has 0 radical (unpaired) electrons. The van der Waals surface area contributed by atoms with Crippen LogP contribution >= 0.6 is 0 Å². The summed E-state index contributed by atoms with van der Waals surface area (Å²) in [6.45, 7) is 7.17. The van der Waals surface area contributed by atoms with Gasteiger partial charge in [-0.05, 0) is 50.2 Å². The number of aryl methyl sites for hydroxylation is 2. The largest absolute Gasteiger partial charge is 0.476 e. The van der Waals surface area contributed by atoms with Crippen LogP contribution in [0.1, 0.15) is 86.0 Å². The van der Waals surface area contributed by atoms with Crippen molar-refractivity contribution in [3.05, 3.63) is 53.2 Å². The molecule has 5 N–H and O–H groups in total. The highest BCUT2D eigenvalue weighted by Crippen LogP contribution is 2.28. The van der Waals surface area contributed by atoms with Gasteiger partial charge in [-0.15, -0.1) is 0 Å². The topological polar surface area (TPSA) is 143 Å². The number of nitrogens with one attached hydrogen (secondary N) is 4. The normalized spacial score (nSPS) is 15.6. The van der Waals surface area contributed by atoms with E-state index in [0.717, 1.165) is 42.1 Å². The Morgan fingerprint density at radius 3 is 2.46 bits per heavy atom. The summed E-state index contributed by atoms with van der Waals surface area (Å²) >= 11 is 0. The van der Waals surface area contributed by atoms with Crippen molar-refractivity contribution in [3.8, 4) is 0 Å². The summed E-state index contributed by atoms with van der Waals surface area (Å²) in [6, 6.07) is 6.66.